The third-order valence-corrected chi connectivity index (χ3v) is 3.68. The molecule has 2 aromatic carbocycles. The predicted molar refractivity (Wildman–Crippen MR) is 99.1 cm³/mol. The number of hydrogen-bond acceptors (Lipinski definition) is 4. The Bertz CT molecular complexity index is 775. The summed E-state index contributed by atoms with van der Waals surface area (Å²) in [6.45, 7) is 4.06. The number of nitrogens with zero attached hydrogens (tertiary/aromatic N) is 2. The lowest BCUT2D eigenvalue weighted by Crippen LogP contribution is -2.32. The van der Waals surface area contributed by atoms with E-state index in [0.29, 0.717) is 28.5 Å². The molecule has 0 heterocycles. The number of nitrogens with one attached hydrogen (secondary N) is 2. The van der Waals surface area contributed by atoms with Gasteiger partial charge in [-0.25, -0.2) is 0 Å². The first-order chi connectivity index (χ1) is 11.5. The van der Waals surface area contributed by atoms with E-state index in [0.717, 1.165) is 5.56 Å². The lowest BCUT2D eigenvalue weighted by molar-refractivity contribution is -0.385. The molecule has 2 rings (SSSR count). The van der Waals surface area contributed by atoms with Gasteiger partial charge in [0.05, 0.1) is 10.6 Å². The average Bonchev–Trinajstić information content (AvgIpc) is 2.59. The summed E-state index contributed by atoms with van der Waals surface area (Å²) in [5, 5.41) is 18.6. The van der Waals surface area contributed by atoms with Gasteiger partial charge in [-0.2, -0.15) is 5.10 Å². The molecule has 0 aliphatic heterocycles. The summed E-state index contributed by atoms with van der Waals surface area (Å²) >= 11 is 5.17. The highest BCUT2D eigenvalue weighted by Crippen LogP contribution is 2.19. The Morgan fingerprint density at radius 3 is 2.62 bits per heavy atom. The SMILES string of the molecule is C/C(=N/NC(=S)NCc1ccccc1)c1ccc(C)c([N+](=O)[O-])c1. The van der Waals surface area contributed by atoms with Crippen molar-refractivity contribution < 1.29 is 4.92 Å². The molecular formula is C17H18N4O2S. The number of nitro groups is 1. The first kappa shape index (κ1) is 17.6. The van der Waals surface area contributed by atoms with Gasteiger partial charge in [-0.05, 0) is 31.6 Å². The molecule has 0 saturated carbocycles. The Kier molecular flexibility index (Phi) is 5.97. The standard InChI is InChI=1S/C17H18N4O2S/c1-12-8-9-15(10-16(12)21(22)23)13(2)19-20-17(24)18-11-14-6-4-3-5-7-14/h3-10H,11H2,1-2H3,(H2,18,20,24)/b19-13-. The van der Waals surface area contributed by atoms with E-state index in [-0.39, 0.29) is 5.69 Å². The summed E-state index contributed by atoms with van der Waals surface area (Å²) in [6, 6.07) is 14.9. The van der Waals surface area contributed by atoms with Crippen molar-refractivity contribution in [2.24, 2.45) is 5.10 Å². The second-order valence-corrected chi connectivity index (χ2v) is 5.64. The van der Waals surface area contributed by atoms with E-state index in [4.69, 9.17) is 12.2 Å². The number of hydrazone groups is 1. The Hall–Kier alpha value is -2.80. The maximum atomic E-state index is 11.0. The summed E-state index contributed by atoms with van der Waals surface area (Å²) in [7, 11) is 0. The maximum Gasteiger partial charge on any atom is 0.272 e. The predicted octanol–water partition coefficient (Wildman–Crippen LogP) is 3.29. The number of aryl methyl sites for hydroxylation is 1. The van der Waals surface area contributed by atoms with Gasteiger partial charge in [0.25, 0.3) is 5.69 Å². The highest BCUT2D eigenvalue weighted by molar-refractivity contribution is 7.80. The van der Waals surface area contributed by atoms with Gasteiger partial charge in [0, 0.05) is 23.7 Å². The van der Waals surface area contributed by atoms with E-state index < -0.39 is 4.92 Å². The number of hydrogen-bond donors (Lipinski definition) is 2. The molecule has 2 N–H and O–H groups in total. The van der Waals surface area contributed by atoms with Crippen molar-refractivity contribution in [1.29, 1.82) is 0 Å². The minimum Gasteiger partial charge on any atom is -0.357 e. The topological polar surface area (TPSA) is 79.6 Å². The molecule has 0 fully saturated rings. The fourth-order valence-electron chi connectivity index (χ4n) is 2.05. The lowest BCUT2D eigenvalue weighted by Gasteiger charge is -2.08. The molecular weight excluding hydrogens is 324 g/mol. The normalized spacial score (nSPS) is 11.0. The van der Waals surface area contributed by atoms with Crippen LogP contribution in [0.2, 0.25) is 0 Å². The smallest absolute Gasteiger partial charge is 0.272 e. The quantitative estimate of drug-likeness (QED) is 0.377. The van der Waals surface area contributed by atoms with Crippen LogP contribution in [0.1, 0.15) is 23.6 Å². The Morgan fingerprint density at radius 1 is 1.25 bits per heavy atom. The van der Waals surface area contributed by atoms with Gasteiger partial charge in [-0.3, -0.25) is 15.5 Å². The van der Waals surface area contributed by atoms with Gasteiger partial charge >= 0.3 is 0 Å². The zero-order valence-electron chi connectivity index (χ0n) is 13.4. The number of nitro benzene ring substituents is 1. The van der Waals surface area contributed by atoms with Crippen LogP contribution < -0.4 is 10.7 Å². The van der Waals surface area contributed by atoms with Gasteiger partial charge in [0.1, 0.15) is 0 Å². The third-order valence-electron chi connectivity index (χ3n) is 3.44. The Balaban J connectivity index is 1.97. The molecule has 6 nitrogen and oxygen atoms in total. The molecule has 7 heteroatoms. The van der Waals surface area contributed by atoms with E-state index in [1.165, 1.54) is 6.07 Å². The number of benzene rings is 2. The van der Waals surface area contributed by atoms with Crippen LogP contribution in [-0.2, 0) is 6.54 Å². The van der Waals surface area contributed by atoms with E-state index >= 15 is 0 Å². The molecule has 0 aliphatic carbocycles. The zero-order valence-corrected chi connectivity index (χ0v) is 14.3. The second-order valence-electron chi connectivity index (χ2n) is 5.24. The van der Waals surface area contributed by atoms with E-state index in [1.807, 2.05) is 30.3 Å². The molecule has 0 radical (unpaired) electrons. The first-order valence-electron chi connectivity index (χ1n) is 7.35. The molecule has 0 aliphatic rings. The largest absolute Gasteiger partial charge is 0.357 e. The van der Waals surface area contributed by atoms with E-state index in [2.05, 4.69) is 15.8 Å². The Morgan fingerprint density at radius 2 is 1.96 bits per heavy atom. The van der Waals surface area contributed by atoms with E-state index in [9.17, 15) is 10.1 Å². The van der Waals surface area contributed by atoms with E-state index in [1.54, 1.807) is 26.0 Å². The van der Waals surface area contributed by atoms with Gasteiger partial charge in [0.2, 0.25) is 0 Å². The minimum absolute atomic E-state index is 0.0758. The van der Waals surface area contributed by atoms with Crippen molar-refractivity contribution in [3.63, 3.8) is 0 Å². The van der Waals surface area contributed by atoms with Crippen LogP contribution in [0.15, 0.2) is 53.6 Å². The molecule has 0 bridgehead atoms. The summed E-state index contributed by atoms with van der Waals surface area (Å²) in [6.07, 6.45) is 0. The first-order valence-corrected chi connectivity index (χ1v) is 7.75. The highest BCUT2D eigenvalue weighted by Gasteiger charge is 2.12. The van der Waals surface area contributed by atoms with Crippen LogP contribution in [0, 0.1) is 17.0 Å². The van der Waals surface area contributed by atoms with Gasteiger partial charge in [-0.15, -0.1) is 0 Å². The summed E-state index contributed by atoms with van der Waals surface area (Å²) in [4.78, 5) is 10.6. The number of rotatable bonds is 5. The van der Waals surface area contributed by atoms with Crippen molar-refractivity contribution >= 4 is 28.7 Å². The van der Waals surface area contributed by atoms with Crippen LogP contribution in [0.4, 0.5) is 5.69 Å². The van der Waals surface area contributed by atoms with Gasteiger partial charge in [0.15, 0.2) is 5.11 Å². The van der Waals surface area contributed by atoms with Crippen LogP contribution >= 0.6 is 12.2 Å². The molecule has 24 heavy (non-hydrogen) atoms. The summed E-state index contributed by atoms with van der Waals surface area (Å²) in [5.41, 5.74) is 5.84. The van der Waals surface area contributed by atoms with Crippen LogP contribution in [-0.4, -0.2) is 15.7 Å². The van der Waals surface area contributed by atoms with Crippen LogP contribution in [0.3, 0.4) is 0 Å². The second kappa shape index (κ2) is 8.16. The molecule has 0 saturated heterocycles. The lowest BCUT2D eigenvalue weighted by atomic mass is 10.1. The van der Waals surface area contributed by atoms with Crippen molar-refractivity contribution in [1.82, 2.24) is 10.7 Å². The molecule has 124 valence electrons. The van der Waals surface area contributed by atoms with Crippen LogP contribution in [0.5, 0.6) is 0 Å². The fraction of sp³-hybridized carbons (Fsp3) is 0.176. The van der Waals surface area contributed by atoms with Crippen molar-refractivity contribution in [3.8, 4) is 0 Å². The average molecular weight is 342 g/mol. The zero-order chi connectivity index (χ0) is 17.5. The summed E-state index contributed by atoms with van der Waals surface area (Å²) < 4.78 is 0. The minimum atomic E-state index is -0.397. The molecule has 0 spiro atoms. The molecule has 0 atom stereocenters. The van der Waals surface area contributed by atoms with Gasteiger partial charge < -0.3 is 5.32 Å². The van der Waals surface area contributed by atoms with Crippen molar-refractivity contribution in [2.45, 2.75) is 20.4 Å². The Labute approximate surface area is 145 Å². The molecule has 0 unspecified atom stereocenters. The maximum absolute atomic E-state index is 11.0. The molecule has 2 aromatic rings. The summed E-state index contributed by atoms with van der Waals surface area (Å²) in [5.74, 6) is 0. The monoisotopic (exact) mass is 342 g/mol. The van der Waals surface area contributed by atoms with Crippen molar-refractivity contribution in [2.75, 3.05) is 0 Å². The number of thiocarbonyl (C=S) groups is 1. The van der Waals surface area contributed by atoms with Crippen molar-refractivity contribution in [3.05, 3.63) is 75.3 Å². The molecule has 0 aromatic heterocycles. The van der Waals surface area contributed by atoms with Crippen LogP contribution in [0.25, 0.3) is 0 Å². The molecule has 0 amide bonds. The highest BCUT2D eigenvalue weighted by atomic mass is 32.1. The third kappa shape index (κ3) is 4.85. The van der Waals surface area contributed by atoms with Gasteiger partial charge in [-0.1, -0.05) is 42.5 Å². The fourth-order valence-corrected chi connectivity index (χ4v) is 2.17.